The molecule has 8 nitrogen and oxygen atoms in total. The van der Waals surface area contributed by atoms with Crippen molar-refractivity contribution in [2.24, 2.45) is 0 Å². The zero-order valence-electron chi connectivity index (χ0n) is 23.5. The Balaban J connectivity index is 1.20. The third kappa shape index (κ3) is 5.81. The zero-order chi connectivity index (χ0) is 28.4. The van der Waals surface area contributed by atoms with Crippen LogP contribution in [0.1, 0.15) is 59.9 Å². The van der Waals surface area contributed by atoms with Gasteiger partial charge in [-0.3, -0.25) is 18.6 Å². The number of esters is 1. The molecule has 0 saturated carbocycles. The monoisotopic (exact) mass is 559 g/mol. The van der Waals surface area contributed by atoms with E-state index < -0.39 is 0 Å². The lowest BCUT2D eigenvalue weighted by Crippen LogP contribution is -2.55. The molecule has 4 aromatic rings. The van der Waals surface area contributed by atoms with Crippen LogP contribution in [0, 0.1) is 12.7 Å². The third-order valence-corrected chi connectivity index (χ3v) is 8.86. The fourth-order valence-corrected chi connectivity index (χ4v) is 6.42. The molecular formula is C32H36FN4O4+. The van der Waals surface area contributed by atoms with Crippen molar-refractivity contribution in [1.82, 2.24) is 14.7 Å². The van der Waals surface area contributed by atoms with E-state index in [0.717, 1.165) is 85.5 Å². The van der Waals surface area contributed by atoms with Gasteiger partial charge in [0.25, 0.3) is 5.56 Å². The molecule has 1 saturated heterocycles. The summed E-state index contributed by atoms with van der Waals surface area (Å²) < 4.78 is 27.4. The SMILES string of the molecule is Cc1nc2n(c(=O)c1CC[N+]1(COC(=O)Cc3ccccc3)CCC(c3noc4cc(F)ccc34)CC1)CCCC2. The van der Waals surface area contributed by atoms with Crippen LogP contribution in [-0.4, -0.2) is 51.5 Å². The predicted octanol–water partition coefficient (Wildman–Crippen LogP) is 4.85. The maximum absolute atomic E-state index is 13.7. The average Bonchev–Trinajstić information content (AvgIpc) is 3.40. The molecule has 41 heavy (non-hydrogen) atoms. The molecule has 2 aromatic carbocycles. The summed E-state index contributed by atoms with van der Waals surface area (Å²) in [6.45, 7) is 5.11. The number of hydrogen-bond acceptors (Lipinski definition) is 6. The number of nitrogens with zero attached hydrogens (tertiary/aromatic N) is 4. The second-order valence-corrected chi connectivity index (χ2v) is 11.6. The number of carbonyl (C=O) groups is 1. The predicted molar refractivity (Wildman–Crippen MR) is 152 cm³/mol. The molecule has 2 aliphatic heterocycles. The summed E-state index contributed by atoms with van der Waals surface area (Å²) in [5.41, 5.74) is 3.86. The van der Waals surface area contributed by atoms with Gasteiger partial charge in [0.05, 0.1) is 31.7 Å². The number of quaternary nitrogens is 1. The van der Waals surface area contributed by atoms with Gasteiger partial charge in [0.15, 0.2) is 5.58 Å². The van der Waals surface area contributed by atoms with Gasteiger partial charge in [0.1, 0.15) is 11.6 Å². The van der Waals surface area contributed by atoms with Gasteiger partial charge in [-0.2, -0.15) is 0 Å². The molecule has 2 aliphatic rings. The number of carbonyl (C=O) groups excluding carboxylic acids is 1. The largest absolute Gasteiger partial charge is 0.415 e. The fourth-order valence-electron chi connectivity index (χ4n) is 6.42. The highest BCUT2D eigenvalue weighted by molar-refractivity contribution is 5.79. The Morgan fingerprint density at radius 3 is 2.76 bits per heavy atom. The first-order chi connectivity index (χ1) is 19.9. The first-order valence-corrected chi connectivity index (χ1v) is 14.6. The number of rotatable bonds is 8. The standard InChI is InChI=1S/C32H36FN4O4/c1-22-26(32(39)36-15-6-5-9-29(36)34-22)14-18-37(21-40-30(38)19-23-7-3-2-4-8-23)16-12-24(13-17-37)31-27-11-10-25(33)20-28(27)41-35-31/h2-4,7-8,10-11,20,24H,5-6,9,12-19,21H2,1H3/q+1. The molecule has 0 amide bonds. The minimum absolute atomic E-state index is 0.0719. The number of halogens is 1. The summed E-state index contributed by atoms with van der Waals surface area (Å²) in [7, 11) is 0. The lowest BCUT2D eigenvalue weighted by atomic mass is 9.90. The summed E-state index contributed by atoms with van der Waals surface area (Å²) in [5, 5.41) is 5.14. The summed E-state index contributed by atoms with van der Waals surface area (Å²) in [4.78, 5) is 31.0. The molecule has 0 spiro atoms. The minimum Gasteiger partial charge on any atom is -0.415 e. The molecule has 0 bridgehead atoms. The van der Waals surface area contributed by atoms with Crippen LogP contribution in [0.25, 0.3) is 11.0 Å². The minimum atomic E-state index is -0.347. The summed E-state index contributed by atoms with van der Waals surface area (Å²) in [6.07, 6.45) is 5.34. The second-order valence-electron chi connectivity index (χ2n) is 11.6. The Kier molecular flexibility index (Phi) is 7.71. The van der Waals surface area contributed by atoms with Crippen LogP contribution in [0.15, 0.2) is 57.8 Å². The van der Waals surface area contributed by atoms with Gasteiger partial charge in [-0.15, -0.1) is 0 Å². The number of fused-ring (bicyclic) bond motifs is 2. The molecule has 0 unspecified atom stereocenters. The van der Waals surface area contributed by atoms with Gasteiger partial charge in [0, 0.05) is 60.9 Å². The highest BCUT2D eigenvalue weighted by Gasteiger charge is 2.37. The number of aryl methyl sites for hydroxylation is 2. The number of aromatic nitrogens is 3. The third-order valence-electron chi connectivity index (χ3n) is 8.86. The van der Waals surface area contributed by atoms with Crippen LogP contribution in [-0.2, 0) is 35.3 Å². The maximum atomic E-state index is 13.7. The Labute approximate surface area is 238 Å². The molecular weight excluding hydrogens is 523 g/mol. The van der Waals surface area contributed by atoms with Crippen molar-refractivity contribution in [2.45, 2.75) is 64.3 Å². The van der Waals surface area contributed by atoms with E-state index in [1.165, 1.54) is 12.1 Å². The van der Waals surface area contributed by atoms with Gasteiger partial charge >= 0.3 is 5.97 Å². The number of hydrogen-bond donors (Lipinski definition) is 0. The smallest absolute Gasteiger partial charge is 0.314 e. The Morgan fingerprint density at radius 2 is 1.95 bits per heavy atom. The Morgan fingerprint density at radius 1 is 1.15 bits per heavy atom. The van der Waals surface area contributed by atoms with Crippen LogP contribution >= 0.6 is 0 Å². The topological polar surface area (TPSA) is 87.2 Å². The maximum Gasteiger partial charge on any atom is 0.314 e. The van der Waals surface area contributed by atoms with Gasteiger partial charge in [-0.25, -0.2) is 9.37 Å². The Hall–Kier alpha value is -3.85. The molecule has 9 heteroatoms. The molecule has 2 aromatic heterocycles. The number of ether oxygens (including phenoxy) is 1. The summed E-state index contributed by atoms with van der Waals surface area (Å²) >= 11 is 0. The van der Waals surface area contributed by atoms with Gasteiger partial charge in [-0.1, -0.05) is 35.5 Å². The van der Waals surface area contributed by atoms with E-state index >= 15 is 0 Å². The molecule has 0 aliphatic carbocycles. The summed E-state index contributed by atoms with van der Waals surface area (Å²) in [5.74, 6) is 0.444. The van der Waals surface area contributed by atoms with E-state index in [0.29, 0.717) is 23.0 Å². The van der Waals surface area contributed by atoms with Gasteiger partial charge in [0.2, 0.25) is 6.73 Å². The molecule has 0 N–H and O–H groups in total. The van der Waals surface area contributed by atoms with Crippen molar-refractivity contribution in [3.05, 3.63) is 93.0 Å². The number of piperidine rings is 1. The molecule has 4 heterocycles. The zero-order valence-corrected chi connectivity index (χ0v) is 23.5. The molecule has 0 atom stereocenters. The van der Waals surface area contributed by atoms with Crippen molar-refractivity contribution in [1.29, 1.82) is 0 Å². The Bertz CT molecular complexity index is 1610. The van der Waals surface area contributed by atoms with Crippen molar-refractivity contribution < 1.29 is 22.9 Å². The number of benzene rings is 2. The van der Waals surface area contributed by atoms with Crippen LogP contribution in [0.4, 0.5) is 4.39 Å². The highest BCUT2D eigenvalue weighted by Crippen LogP contribution is 2.35. The fraction of sp³-hybridized carbons (Fsp3) is 0.438. The molecule has 214 valence electrons. The first-order valence-electron chi connectivity index (χ1n) is 14.6. The van der Waals surface area contributed by atoms with Gasteiger partial charge in [-0.05, 0) is 37.5 Å². The average molecular weight is 560 g/mol. The molecule has 6 rings (SSSR count). The van der Waals surface area contributed by atoms with E-state index in [-0.39, 0.29) is 36.4 Å². The van der Waals surface area contributed by atoms with Crippen LogP contribution in [0.5, 0.6) is 0 Å². The van der Waals surface area contributed by atoms with Crippen molar-refractivity contribution in [2.75, 3.05) is 26.4 Å². The first kappa shape index (κ1) is 27.3. The second kappa shape index (κ2) is 11.6. The van der Waals surface area contributed by atoms with E-state index in [2.05, 4.69) is 5.16 Å². The quantitative estimate of drug-likeness (QED) is 0.227. The lowest BCUT2D eigenvalue weighted by Gasteiger charge is -2.42. The van der Waals surface area contributed by atoms with Crippen LogP contribution < -0.4 is 5.56 Å². The number of likely N-dealkylation sites (tertiary alicyclic amines) is 1. The van der Waals surface area contributed by atoms with E-state index in [4.69, 9.17) is 14.2 Å². The van der Waals surface area contributed by atoms with E-state index in [1.54, 1.807) is 6.07 Å². The molecule has 0 radical (unpaired) electrons. The molecule has 1 fully saturated rings. The van der Waals surface area contributed by atoms with Crippen LogP contribution in [0.2, 0.25) is 0 Å². The van der Waals surface area contributed by atoms with Crippen molar-refractivity contribution in [3.8, 4) is 0 Å². The van der Waals surface area contributed by atoms with E-state index in [1.807, 2.05) is 41.8 Å². The van der Waals surface area contributed by atoms with E-state index in [9.17, 15) is 14.0 Å². The normalized spacial score (nSPS) is 20.6. The van der Waals surface area contributed by atoms with Crippen molar-refractivity contribution >= 4 is 16.9 Å². The van der Waals surface area contributed by atoms with Crippen LogP contribution in [0.3, 0.4) is 0 Å². The van der Waals surface area contributed by atoms with Crippen molar-refractivity contribution in [3.63, 3.8) is 0 Å². The summed E-state index contributed by atoms with van der Waals surface area (Å²) in [6, 6.07) is 14.1. The lowest BCUT2D eigenvalue weighted by molar-refractivity contribution is -0.948. The highest BCUT2D eigenvalue weighted by atomic mass is 19.1. The van der Waals surface area contributed by atoms with Gasteiger partial charge < -0.3 is 9.26 Å².